The molecule has 1 heterocycles. The summed E-state index contributed by atoms with van der Waals surface area (Å²) in [5.41, 5.74) is 0.495. The number of esters is 1. The third-order valence-electron chi connectivity index (χ3n) is 5.59. The van der Waals surface area contributed by atoms with Crippen LogP contribution in [-0.4, -0.2) is 33.8 Å². The Morgan fingerprint density at radius 1 is 0.972 bits per heavy atom. The van der Waals surface area contributed by atoms with Crippen LogP contribution in [0.25, 0.3) is 5.76 Å². The third-order valence-corrected chi connectivity index (χ3v) is 5.59. The van der Waals surface area contributed by atoms with Gasteiger partial charge in [0.2, 0.25) is 0 Å². The lowest BCUT2D eigenvalue weighted by Gasteiger charge is -2.25. The number of ketones is 1. The summed E-state index contributed by atoms with van der Waals surface area (Å²) in [5.74, 6) is -2.99. The number of Topliss-reactive ketones (excluding diaryl/α,β-unsaturated/α-hetero) is 1. The zero-order valence-corrected chi connectivity index (χ0v) is 19.5. The van der Waals surface area contributed by atoms with Gasteiger partial charge in [0.05, 0.1) is 28.2 Å². The number of ether oxygens (including phenoxy) is 1. The van der Waals surface area contributed by atoms with Gasteiger partial charge in [-0.2, -0.15) is 0 Å². The number of nitrogens with zero attached hydrogens (tertiary/aromatic N) is 2. The van der Waals surface area contributed by atoms with E-state index in [1.807, 2.05) is 0 Å². The van der Waals surface area contributed by atoms with Crippen molar-refractivity contribution in [3.8, 4) is 0 Å². The molecule has 1 atom stereocenters. The summed E-state index contributed by atoms with van der Waals surface area (Å²) in [5, 5.41) is 22.4. The summed E-state index contributed by atoms with van der Waals surface area (Å²) < 4.78 is 5.25. The van der Waals surface area contributed by atoms with Crippen LogP contribution in [0.1, 0.15) is 41.4 Å². The van der Waals surface area contributed by atoms with Gasteiger partial charge in [0.25, 0.3) is 17.4 Å². The van der Waals surface area contributed by atoms with Crippen LogP contribution < -0.4 is 4.90 Å². The number of benzene rings is 3. The monoisotopic (exact) mass is 486 g/mol. The van der Waals surface area contributed by atoms with Crippen LogP contribution in [0, 0.1) is 10.1 Å². The van der Waals surface area contributed by atoms with Crippen molar-refractivity contribution in [2.24, 2.45) is 0 Å². The fourth-order valence-corrected chi connectivity index (χ4v) is 4.04. The van der Waals surface area contributed by atoms with E-state index in [-0.39, 0.29) is 34.2 Å². The molecular formula is C27H22N2O7. The predicted molar refractivity (Wildman–Crippen MR) is 131 cm³/mol. The van der Waals surface area contributed by atoms with Crippen LogP contribution in [-0.2, 0) is 14.3 Å². The first-order chi connectivity index (χ1) is 17.2. The maximum atomic E-state index is 13.3. The maximum Gasteiger partial charge on any atom is 0.338 e. The Bertz CT molecular complexity index is 1400. The molecule has 1 amide bonds. The standard InChI is InChI=1S/C27H22N2O7/c1-16(2)36-27(33)19-11-7-12-20(15-19)28-23(17-8-4-3-5-9-17)22(25(31)26(28)32)24(30)18-10-6-13-21(14-18)29(34)35/h3-16,23,30H,1-2H3/b24-22-. The highest BCUT2D eigenvalue weighted by Crippen LogP contribution is 2.42. The van der Waals surface area contributed by atoms with Gasteiger partial charge >= 0.3 is 5.97 Å². The average molecular weight is 486 g/mol. The van der Waals surface area contributed by atoms with E-state index in [0.717, 1.165) is 6.07 Å². The van der Waals surface area contributed by atoms with E-state index in [9.17, 15) is 29.6 Å². The molecule has 182 valence electrons. The van der Waals surface area contributed by atoms with Gasteiger partial charge < -0.3 is 9.84 Å². The predicted octanol–water partition coefficient (Wildman–Crippen LogP) is 4.79. The number of aliphatic hydroxyl groups is 1. The summed E-state index contributed by atoms with van der Waals surface area (Å²) >= 11 is 0. The van der Waals surface area contributed by atoms with Crippen molar-refractivity contribution in [3.05, 3.63) is 111 Å². The van der Waals surface area contributed by atoms with Crippen molar-refractivity contribution in [1.82, 2.24) is 0 Å². The summed E-state index contributed by atoms with van der Waals surface area (Å²) in [4.78, 5) is 50.8. The quantitative estimate of drug-likeness (QED) is 0.133. The fourth-order valence-electron chi connectivity index (χ4n) is 4.04. The molecule has 4 rings (SSSR count). The number of carbonyl (C=O) groups excluding carboxylic acids is 3. The second-order valence-corrected chi connectivity index (χ2v) is 8.39. The van der Waals surface area contributed by atoms with E-state index in [1.165, 1.54) is 35.2 Å². The third kappa shape index (κ3) is 4.58. The molecule has 1 saturated heterocycles. The molecule has 0 spiro atoms. The molecule has 1 aliphatic heterocycles. The number of amides is 1. The summed E-state index contributed by atoms with van der Waals surface area (Å²) in [6, 6.07) is 18.9. The van der Waals surface area contributed by atoms with Gasteiger partial charge in [0.15, 0.2) is 0 Å². The first-order valence-corrected chi connectivity index (χ1v) is 11.1. The van der Waals surface area contributed by atoms with E-state index in [2.05, 4.69) is 0 Å². The minimum atomic E-state index is -1.04. The number of nitro groups is 1. The molecule has 0 aliphatic carbocycles. The minimum Gasteiger partial charge on any atom is -0.507 e. The highest BCUT2D eigenvalue weighted by atomic mass is 16.6. The largest absolute Gasteiger partial charge is 0.507 e. The Hall–Kier alpha value is -4.79. The van der Waals surface area contributed by atoms with E-state index in [4.69, 9.17) is 4.74 Å². The molecule has 1 unspecified atom stereocenters. The zero-order chi connectivity index (χ0) is 26.0. The molecule has 9 heteroatoms. The van der Waals surface area contributed by atoms with Crippen LogP contribution in [0.3, 0.4) is 0 Å². The average Bonchev–Trinajstić information content (AvgIpc) is 3.14. The zero-order valence-electron chi connectivity index (χ0n) is 19.5. The van der Waals surface area contributed by atoms with Crippen LogP contribution >= 0.6 is 0 Å². The van der Waals surface area contributed by atoms with Crippen molar-refractivity contribution >= 4 is 34.8 Å². The van der Waals surface area contributed by atoms with Gasteiger partial charge in [-0.05, 0) is 37.6 Å². The van der Waals surface area contributed by atoms with Gasteiger partial charge in [-0.25, -0.2) is 4.79 Å². The Morgan fingerprint density at radius 2 is 1.64 bits per heavy atom. The minimum absolute atomic E-state index is 0.0254. The fraction of sp³-hybridized carbons (Fsp3) is 0.148. The Kier molecular flexibility index (Phi) is 6.64. The highest BCUT2D eigenvalue weighted by Gasteiger charge is 2.47. The lowest BCUT2D eigenvalue weighted by Crippen LogP contribution is -2.29. The van der Waals surface area contributed by atoms with Crippen LogP contribution in [0.5, 0.6) is 0 Å². The molecule has 0 saturated carbocycles. The van der Waals surface area contributed by atoms with Gasteiger partial charge in [0, 0.05) is 23.4 Å². The molecule has 9 nitrogen and oxygen atoms in total. The van der Waals surface area contributed by atoms with Crippen LogP contribution in [0.4, 0.5) is 11.4 Å². The summed E-state index contributed by atoms with van der Waals surface area (Å²) in [7, 11) is 0. The number of aliphatic hydroxyl groups excluding tert-OH is 1. The Morgan fingerprint density at radius 3 is 2.31 bits per heavy atom. The number of hydrogen-bond acceptors (Lipinski definition) is 7. The Balaban J connectivity index is 1.89. The number of hydrogen-bond donors (Lipinski definition) is 1. The van der Waals surface area contributed by atoms with Gasteiger partial charge in [-0.3, -0.25) is 24.6 Å². The molecule has 1 N–H and O–H groups in total. The number of rotatable bonds is 6. The van der Waals surface area contributed by atoms with Crippen molar-refractivity contribution in [3.63, 3.8) is 0 Å². The molecular weight excluding hydrogens is 464 g/mol. The van der Waals surface area contributed by atoms with Crippen molar-refractivity contribution in [2.75, 3.05) is 4.90 Å². The Labute approximate surface area is 206 Å². The van der Waals surface area contributed by atoms with Gasteiger partial charge in [-0.1, -0.05) is 48.5 Å². The van der Waals surface area contributed by atoms with Crippen LogP contribution in [0.2, 0.25) is 0 Å². The number of carbonyl (C=O) groups is 3. The van der Waals surface area contributed by atoms with E-state index >= 15 is 0 Å². The van der Waals surface area contributed by atoms with Crippen molar-refractivity contribution in [2.45, 2.75) is 26.0 Å². The van der Waals surface area contributed by atoms with E-state index in [1.54, 1.807) is 56.3 Å². The van der Waals surface area contributed by atoms with Gasteiger partial charge in [0.1, 0.15) is 5.76 Å². The molecule has 1 fully saturated rings. The van der Waals surface area contributed by atoms with E-state index < -0.39 is 34.4 Å². The molecule has 0 bridgehead atoms. The number of anilines is 1. The molecule has 0 radical (unpaired) electrons. The summed E-state index contributed by atoms with van der Waals surface area (Å²) in [6.45, 7) is 3.42. The van der Waals surface area contributed by atoms with Crippen molar-refractivity contribution in [1.29, 1.82) is 0 Å². The first kappa shape index (κ1) is 24.3. The lowest BCUT2D eigenvalue weighted by molar-refractivity contribution is -0.384. The van der Waals surface area contributed by atoms with E-state index in [0.29, 0.717) is 5.56 Å². The van der Waals surface area contributed by atoms with Gasteiger partial charge in [-0.15, -0.1) is 0 Å². The summed E-state index contributed by atoms with van der Waals surface area (Å²) in [6.07, 6.45) is -0.352. The maximum absolute atomic E-state index is 13.3. The molecule has 3 aromatic carbocycles. The second-order valence-electron chi connectivity index (χ2n) is 8.39. The lowest BCUT2D eigenvalue weighted by atomic mass is 9.95. The molecule has 3 aromatic rings. The second kappa shape index (κ2) is 9.83. The molecule has 1 aliphatic rings. The SMILES string of the molecule is CC(C)OC(=O)c1cccc(N2C(=O)C(=O)/C(=C(\O)c3cccc([N+](=O)[O-])c3)C2c2ccccc2)c1. The normalized spacial score (nSPS) is 16.9. The first-order valence-electron chi connectivity index (χ1n) is 11.1. The smallest absolute Gasteiger partial charge is 0.338 e. The molecule has 36 heavy (non-hydrogen) atoms. The van der Waals surface area contributed by atoms with Crippen molar-refractivity contribution < 1.29 is 29.2 Å². The highest BCUT2D eigenvalue weighted by molar-refractivity contribution is 6.51. The number of non-ortho nitro benzene ring substituents is 1. The molecule has 0 aromatic heterocycles. The van der Waals surface area contributed by atoms with Crippen LogP contribution in [0.15, 0.2) is 84.4 Å². The number of nitro benzene ring substituents is 1. The topological polar surface area (TPSA) is 127 Å².